The molecule has 6 heterocycles. The summed E-state index contributed by atoms with van der Waals surface area (Å²) in [6, 6.07) is 3.43. The van der Waals surface area contributed by atoms with Gasteiger partial charge in [-0.25, -0.2) is 19.9 Å². The molecule has 0 radical (unpaired) electrons. The maximum absolute atomic E-state index is 5.68. The van der Waals surface area contributed by atoms with E-state index in [1.807, 2.05) is 0 Å². The standard InChI is InChI=1S/C21H25N7O/c22-20-23-4-12(5-24-20)17-3-18(26-21(25-17)28-6-11-1-13(28)2-11)19-15-7-27(8-16(15)19)14-9-29-10-14/h3-5,11,13-16,19H,1-2,6-10H2,(H2,22,23,24)/t11?,13?,15-,16+,19?. The van der Waals surface area contributed by atoms with E-state index >= 15 is 0 Å². The molecule has 0 amide bonds. The Morgan fingerprint density at radius 3 is 2.34 bits per heavy atom. The van der Waals surface area contributed by atoms with Gasteiger partial charge in [0.1, 0.15) is 0 Å². The van der Waals surface area contributed by atoms with Crippen LogP contribution < -0.4 is 10.6 Å². The van der Waals surface area contributed by atoms with Gasteiger partial charge in [0, 0.05) is 49.6 Å². The molecule has 4 aliphatic heterocycles. The van der Waals surface area contributed by atoms with Gasteiger partial charge >= 0.3 is 0 Å². The Hall–Kier alpha value is -2.32. The van der Waals surface area contributed by atoms with Crippen LogP contribution in [0.5, 0.6) is 0 Å². The Morgan fingerprint density at radius 1 is 0.966 bits per heavy atom. The number of nitrogens with two attached hydrogens (primary N) is 1. The van der Waals surface area contributed by atoms with Gasteiger partial charge < -0.3 is 15.4 Å². The first-order valence-corrected chi connectivity index (χ1v) is 10.8. The van der Waals surface area contributed by atoms with Crippen molar-refractivity contribution in [3.05, 3.63) is 24.2 Å². The van der Waals surface area contributed by atoms with E-state index in [-0.39, 0.29) is 0 Å². The van der Waals surface area contributed by atoms with Gasteiger partial charge in [0.2, 0.25) is 11.9 Å². The normalized spacial score (nSPS) is 35.3. The summed E-state index contributed by atoms with van der Waals surface area (Å²) in [5, 5.41) is 0. The van der Waals surface area contributed by atoms with E-state index in [9.17, 15) is 0 Å². The van der Waals surface area contributed by atoms with E-state index in [0.717, 1.165) is 54.7 Å². The van der Waals surface area contributed by atoms with Crippen LogP contribution in [0.4, 0.5) is 11.9 Å². The summed E-state index contributed by atoms with van der Waals surface area (Å²) in [4.78, 5) is 23.4. The second-order valence-electron chi connectivity index (χ2n) is 9.45. The first-order valence-electron chi connectivity index (χ1n) is 10.8. The van der Waals surface area contributed by atoms with Gasteiger partial charge in [-0.2, -0.15) is 0 Å². The highest BCUT2D eigenvalue weighted by Crippen LogP contribution is 2.58. The molecular formula is C21H25N7O. The summed E-state index contributed by atoms with van der Waals surface area (Å²) in [7, 11) is 0. The van der Waals surface area contributed by atoms with E-state index in [0.29, 0.717) is 23.9 Å². The fourth-order valence-corrected chi connectivity index (χ4v) is 5.88. The Kier molecular flexibility index (Phi) is 3.33. The zero-order valence-corrected chi connectivity index (χ0v) is 16.3. The summed E-state index contributed by atoms with van der Waals surface area (Å²) in [5.41, 5.74) is 8.72. The predicted octanol–water partition coefficient (Wildman–Crippen LogP) is 1.16. The van der Waals surface area contributed by atoms with Gasteiger partial charge in [-0.1, -0.05) is 0 Å². The molecule has 150 valence electrons. The molecule has 2 aromatic heterocycles. The van der Waals surface area contributed by atoms with E-state index in [2.05, 4.69) is 25.8 Å². The number of rotatable bonds is 4. The summed E-state index contributed by atoms with van der Waals surface area (Å²) >= 11 is 0. The maximum Gasteiger partial charge on any atom is 0.226 e. The number of anilines is 2. The lowest BCUT2D eigenvalue weighted by Crippen LogP contribution is -2.48. The molecule has 8 nitrogen and oxygen atoms in total. The number of piperidine rings is 1. The molecule has 2 bridgehead atoms. The van der Waals surface area contributed by atoms with Crippen molar-refractivity contribution in [2.75, 3.05) is 43.5 Å². The summed E-state index contributed by atoms with van der Waals surface area (Å²) in [6.45, 7) is 5.26. The van der Waals surface area contributed by atoms with E-state index in [1.54, 1.807) is 12.4 Å². The third kappa shape index (κ3) is 2.51. The van der Waals surface area contributed by atoms with Crippen molar-refractivity contribution in [3.8, 4) is 11.3 Å². The lowest BCUT2D eigenvalue weighted by molar-refractivity contribution is -0.0610. The number of fused-ring (bicyclic) bond motifs is 2. The molecule has 2 aromatic rings. The average Bonchev–Trinajstić information content (AvgIpc) is 3.06. The van der Waals surface area contributed by atoms with Gasteiger partial charge in [-0.05, 0) is 36.7 Å². The van der Waals surface area contributed by atoms with Crippen LogP contribution in [0, 0.1) is 17.8 Å². The van der Waals surface area contributed by atoms with Gasteiger partial charge in [0.15, 0.2) is 0 Å². The average molecular weight is 391 g/mol. The fourth-order valence-electron chi connectivity index (χ4n) is 5.88. The number of hydrogen-bond acceptors (Lipinski definition) is 8. The predicted molar refractivity (Wildman–Crippen MR) is 107 cm³/mol. The molecule has 2 N–H and O–H groups in total. The third-order valence-corrected chi connectivity index (χ3v) is 7.77. The lowest BCUT2D eigenvalue weighted by Gasteiger charge is -2.35. The van der Waals surface area contributed by atoms with Crippen LogP contribution in [0.2, 0.25) is 0 Å². The molecule has 8 heteroatoms. The van der Waals surface area contributed by atoms with Gasteiger partial charge in [-0.3, -0.25) is 4.90 Å². The number of aromatic nitrogens is 4. The number of nitrogens with zero attached hydrogens (tertiary/aromatic N) is 6. The van der Waals surface area contributed by atoms with Crippen LogP contribution in [0.1, 0.15) is 24.5 Å². The molecule has 4 saturated heterocycles. The summed E-state index contributed by atoms with van der Waals surface area (Å²) in [5.74, 6) is 4.02. The zero-order chi connectivity index (χ0) is 19.1. The Bertz CT molecular complexity index is 944. The Labute approximate surface area is 169 Å². The van der Waals surface area contributed by atoms with Crippen molar-refractivity contribution in [3.63, 3.8) is 0 Å². The van der Waals surface area contributed by atoms with Gasteiger partial charge in [0.25, 0.3) is 0 Å². The number of ether oxygens (including phenoxy) is 1. The van der Waals surface area contributed by atoms with Gasteiger partial charge in [-0.15, -0.1) is 0 Å². The molecule has 6 fully saturated rings. The van der Waals surface area contributed by atoms with Crippen molar-refractivity contribution >= 4 is 11.9 Å². The molecule has 2 aliphatic carbocycles. The van der Waals surface area contributed by atoms with E-state index in [4.69, 9.17) is 20.4 Å². The Balaban J connectivity index is 1.21. The highest BCUT2D eigenvalue weighted by molar-refractivity contribution is 5.61. The van der Waals surface area contributed by atoms with Crippen LogP contribution in [0.15, 0.2) is 18.5 Å². The first-order chi connectivity index (χ1) is 14.2. The number of likely N-dealkylation sites (tertiary alicyclic amines) is 1. The smallest absolute Gasteiger partial charge is 0.226 e. The fraction of sp³-hybridized carbons (Fsp3) is 0.619. The third-order valence-electron chi connectivity index (χ3n) is 7.77. The molecule has 0 aromatic carbocycles. The molecule has 6 aliphatic rings. The number of nitrogen functional groups attached to an aromatic ring is 1. The van der Waals surface area contributed by atoms with E-state index < -0.39 is 0 Å². The van der Waals surface area contributed by atoms with Crippen LogP contribution in [-0.2, 0) is 4.74 Å². The van der Waals surface area contributed by atoms with Crippen molar-refractivity contribution in [1.29, 1.82) is 0 Å². The maximum atomic E-state index is 5.68. The highest BCUT2D eigenvalue weighted by atomic mass is 16.5. The topological polar surface area (TPSA) is 93.3 Å². The second-order valence-corrected chi connectivity index (χ2v) is 9.45. The van der Waals surface area contributed by atoms with Crippen LogP contribution in [0.3, 0.4) is 0 Å². The van der Waals surface area contributed by atoms with Crippen molar-refractivity contribution in [2.24, 2.45) is 17.8 Å². The zero-order valence-electron chi connectivity index (χ0n) is 16.3. The van der Waals surface area contributed by atoms with Crippen molar-refractivity contribution in [1.82, 2.24) is 24.8 Å². The molecular weight excluding hydrogens is 366 g/mol. The lowest BCUT2D eigenvalue weighted by atomic mass is 9.86. The van der Waals surface area contributed by atoms with Crippen LogP contribution in [0.25, 0.3) is 11.3 Å². The first kappa shape index (κ1) is 16.5. The Morgan fingerprint density at radius 2 is 1.72 bits per heavy atom. The SMILES string of the molecule is Nc1ncc(-c2cc(C3[C@H]4CN(C5COC5)C[C@@H]34)nc(N3CC4CC3C4)n2)cn1. The second kappa shape index (κ2) is 5.86. The van der Waals surface area contributed by atoms with Crippen molar-refractivity contribution in [2.45, 2.75) is 30.8 Å². The largest absolute Gasteiger partial charge is 0.378 e. The molecule has 3 atom stereocenters. The van der Waals surface area contributed by atoms with E-state index in [1.165, 1.54) is 31.6 Å². The minimum atomic E-state index is 0.292. The minimum Gasteiger partial charge on any atom is -0.378 e. The monoisotopic (exact) mass is 391 g/mol. The minimum absolute atomic E-state index is 0.292. The number of hydrogen-bond donors (Lipinski definition) is 1. The highest BCUT2D eigenvalue weighted by Gasteiger charge is 2.58. The molecule has 2 saturated carbocycles. The summed E-state index contributed by atoms with van der Waals surface area (Å²) < 4.78 is 5.38. The molecule has 29 heavy (non-hydrogen) atoms. The van der Waals surface area contributed by atoms with Crippen LogP contribution >= 0.6 is 0 Å². The molecule has 8 rings (SSSR count). The van der Waals surface area contributed by atoms with Crippen LogP contribution in [-0.4, -0.2) is 69.8 Å². The summed E-state index contributed by atoms with van der Waals surface area (Å²) in [6.07, 6.45) is 6.13. The van der Waals surface area contributed by atoms with Crippen molar-refractivity contribution < 1.29 is 4.74 Å². The molecule has 0 spiro atoms. The van der Waals surface area contributed by atoms with Gasteiger partial charge in [0.05, 0.1) is 30.6 Å². The molecule has 1 unspecified atom stereocenters. The quantitative estimate of drug-likeness (QED) is 0.830.